The van der Waals surface area contributed by atoms with E-state index in [-0.39, 0.29) is 51.8 Å². The van der Waals surface area contributed by atoms with Gasteiger partial charge in [-0.15, -0.1) is 71.8 Å². The van der Waals surface area contributed by atoms with Crippen molar-refractivity contribution >= 4 is 27.5 Å². The van der Waals surface area contributed by atoms with Crippen LogP contribution in [0.2, 0.25) is 0 Å². The number of carbonyl (C=O) groups excluding carboxylic acids is 1. The maximum absolute atomic E-state index is 10.0. The van der Waals surface area contributed by atoms with Crippen LogP contribution in [0.5, 0.6) is 0 Å². The predicted octanol–water partition coefficient (Wildman–Crippen LogP) is 8.74. The summed E-state index contributed by atoms with van der Waals surface area (Å²) in [6.45, 7) is 4.94. The molecule has 2 radical (unpaired) electrons. The Morgan fingerprint density at radius 3 is 1.88 bits per heavy atom. The third kappa shape index (κ3) is 9.65. The molecule has 0 aliphatic rings. The summed E-state index contributed by atoms with van der Waals surface area (Å²) >= 11 is 0. The molecule has 2 heterocycles. The number of aliphatic hydroxyl groups is 1. The molecule has 0 spiro atoms. The molecule has 0 unspecified atom stereocenters. The number of carbonyl (C=O) groups is 1. The van der Waals surface area contributed by atoms with E-state index >= 15 is 0 Å². The summed E-state index contributed by atoms with van der Waals surface area (Å²) in [6.07, 6.45) is 3.01. The summed E-state index contributed by atoms with van der Waals surface area (Å²) in [5.41, 5.74) is 6.33. The molecule has 0 fully saturated rings. The van der Waals surface area contributed by atoms with Crippen LogP contribution in [0.1, 0.15) is 19.4 Å². The van der Waals surface area contributed by atoms with Gasteiger partial charge in [0.1, 0.15) is 0 Å². The Morgan fingerprint density at radius 1 is 0.738 bits per heavy atom. The first-order chi connectivity index (χ1) is 19.4. The van der Waals surface area contributed by atoms with Gasteiger partial charge in [0.05, 0.1) is 11.3 Å². The molecule has 42 heavy (non-hydrogen) atoms. The molecule has 2 aromatic heterocycles. The number of rotatable bonds is 3. The third-order valence-electron chi connectivity index (χ3n) is 5.93. The van der Waals surface area contributed by atoms with Crippen LogP contribution in [-0.2, 0) is 45.0 Å². The summed E-state index contributed by atoms with van der Waals surface area (Å²) in [4.78, 5) is 19.2. The van der Waals surface area contributed by atoms with E-state index < -0.39 is 0 Å². The van der Waals surface area contributed by atoms with Crippen LogP contribution in [0.25, 0.3) is 44.2 Å². The monoisotopic (exact) mass is 908 g/mol. The fourth-order valence-electron chi connectivity index (χ4n) is 4.20. The van der Waals surface area contributed by atoms with Gasteiger partial charge in [-0.1, -0.05) is 54.1 Å². The van der Waals surface area contributed by atoms with E-state index in [2.05, 4.69) is 48.3 Å². The van der Waals surface area contributed by atoms with E-state index in [1.165, 1.54) is 41.6 Å². The Labute approximate surface area is 274 Å². The van der Waals surface area contributed by atoms with Crippen LogP contribution in [0, 0.1) is 19.1 Å². The average molecular weight is 907 g/mol. The second kappa shape index (κ2) is 17.2. The molecule has 1 N–H and O–H groups in total. The van der Waals surface area contributed by atoms with Gasteiger partial charge in [-0.25, -0.2) is 0 Å². The Kier molecular flexibility index (Phi) is 14.1. The molecule has 0 saturated heterocycles. The fraction of sp³-hybridized carbons (Fsp3) is 0.0833. The maximum Gasteiger partial charge on any atom is 0.155 e. The number of aliphatic hydroxyl groups excluding tert-OH is 1. The molecule has 4 aromatic carbocycles. The average Bonchev–Trinajstić information content (AvgIpc) is 2.97. The molecule has 6 rings (SSSR count). The van der Waals surface area contributed by atoms with Gasteiger partial charge in [-0.2, -0.15) is 0 Å². The molecule has 4 nitrogen and oxygen atoms in total. The smallest absolute Gasteiger partial charge is 0.155 e. The molecule has 6 heteroatoms. The number of hydrogen-bond donors (Lipinski definition) is 1. The van der Waals surface area contributed by atoms with Crippen molar-refractivity contribution in [3.63, 3.8) is 0 Å². The predicted molar refractivity (Wildman–Crippen MR) is 164 cm³/mol. The number of aromatic nitrogens is 2. The van der Waals surface area contributed by atoms with E-state index in [4.69, 9.17) is 10.1 Å². The molecule has 216 valence electrons. The minimum atomic E-state index is -0.125. The van der Waals surface area contributed by atoms with E-state index in [0.717, 1.165) is 28.0 Å². The number of benzene rings is 4. The number of aryl methyl sites for hydroxylation is 1. The molecule has 6 aromatic rings. The Balaban J connectivity index is 0.000000233. The Bertz CT molecular complexity index is 1750. The molecule has 0 atom stereocenters. The maximum atomic E-state index is 10.0. The van der Waals surface area contributed by atoms with Crippen molar-refractivity contribution in [2.45, 2.75) is 20.8 Å². The quantitative estimate of drug-likeness (QED) is 0.110. The fourth-order valence-corrected chi connectivity index (χ4v) is 4.20. The third-order valence-corrected chi connectivity index (χ3v) is 5.93. The Morgan fingerprint density at radius 2 is 1.31 bits per heavy atom. The van der Waals surface area contributed by atoms with Crippen molar-refractivity contribution < 1.29 is 50.1 Å². The van der Waals surface area contributed by atoms with Crippen molar-refractivity contribution in [3.8, 4) is 22.5 Å². The van der Waals surface area contributed by atoms with Crippen LogP contribution >= 0.6 is 0 Å². The van der Waals surface area contributed by atoms with E-state index in [1.807, 2.05) is 91.1 Å². The zero-order chi connectivity index (χ0) is 28.3. The van der Waals surface area contributed by atoms with Gasteiger partial charge < -0.3 is 10.1 Å². The van der Waals surface area contributed by atoms with Crippen LogP contribution < -0.4 is 0 Å². The summed E-state index contributed by atoms with van der Waals surface area (Å²) < 4.78 is 0. The van der Waals surface area contributed by atoms with Crippen LogP contribution in [0.3, 0.4) is 0 Å². The first kappa shape index (κ1) is 34.4. The van der Waals surface area contributed by atoms with Gasteiger partial charge in [-0.3, -0.25) is 9.78 Å². The van der Waals surface area contributed by atoms with Gasteiger partial charge in [0.15, 0.2) is 5.78 Å². The first-order valence-corrected chi connectivity index (χ1v) is 12.9. The number of pyridine rings is 2. The molecule has 0 amide bonds. The van der Waals surface area contributed by atoms with Gasteiger partial charge in [0.25, 0.3) is 0 Å². The number of fused-ring (bicyclic) bond motifs is 2. The van der Waals surface area contributed by atoms with Crippen molar-refractivity contribution in [2.24, 2.45) is 0 Å². The minimum Gasteiger partial charge on any atom is -0.512 e. The van der Waals surface area contributed by atoms with Crippen molar-refractivity contribution in [1.82, 2.24) is 9.97 Å². The standard InChI is InChI=1S/C16H12N.C15H10N.C5H8O2.2Ir/c1-12-11-14-9-5-6-10-15(14)17-16(12)13-7-3-2-4-8-13;1-2-7-13(8-3-1)15-14-9-5-4-6-12(14)10-11-16-15;1-4(6)3-5(2)7;;/h2-7,9-11H,1H3;1-7,9-11H;3,6H,1-2H3;;/q2*-1;;;. The molecule has 0 bridgehead atoms. The molecular weight excluding hydrogens is 877 g/mol. The second-order valence-corrected chi connectivity index (χ2v) is 9.18. The van der Waals surface area contributed by atoms with Crippen LogP contribution in [0.4, 0.5) is 0 Å². The van der Waals surface area contributed by atoms with Crippen LogP contribution in [-0.4, -0.2) is 20.9 Å². The number of allylic oxidation sites excluding steroid dienone is 2. The molecule has 0 aliphatic heterocycles. The van der Waals surface area contributed by atoms with Crippen molar-refractivity contribution in [3.05, 3.63) is 145 Å². The molecule has 0 saturated carbocycles. The zero-order valence-electron chi connectivity index (χ0n) is 23.5. The normalized spacial score (nSPS) is 10.2. The summed E-state index contributed by atoms with van der Waals surface area (Å²) in [5, 5.41) is 11.9. The molecule has 0 aliphatic carbocycles. The van der Waals surface area contributed by atoms with Gasteiger partial charge in [0.2, 0.25) is 0 Å². The zero-order valence-corrected chi connectivity index (χ0v) is 28.3. The first-order valence-electron chi connectivity index (χ1n) is 12.9. The van der Waals surface area contributed by atoms with Crippen molar-refractivity contribution in [1.29, 1.82) is 0 Å². The number of ketones is 1. The molecular formula is C36H30Ir2N2O2-2. The van der Waals surface area contributed by atoms with Gasteiger partial charge >= 0.3 is 0 Å². The Hall–Kier alpha value is -3.79. The SMILES string of the molecule is CC(=O)C=C(C)O.Cc1cc2ccccc2nc1-c1[c-]cccc1.[Ir].[Ir].[c-]1ccccc1-c1nccc2ccccc12. The summed E-state index contributed by atoms with van der Waals surface area (Å²) in [6, 6.07) is 43.0. The van der Waals surface area contributed by atoms with Crippen LogP contribution in [0.15, 0.2) is 127 Å². The van der Waals surface area contributed by atoms with E-state index in [1.54, 1.807) is 0 Å². The summed E-state index contributed by atoms with van der Waals surface area (Å²) in [5.74, 6) is -0.0625. The van der Waals surface area contributed by atoms with Gasteiger partial charge in [0, 0.05) is 52.5 Å². The topological polar surface area (TPSA) is 63.1 Å². The van der Waals surface area contributed by atoms with Gasteiger partial charge in [-0.05, 0) is 60.5 Å². The summed E-state index contributed by atoms with van der Waals surface area (Å²) in [7, 11) is 0. The number of nitrogens with zero attached hydrogens (tertiary/aromatic N) is 2. The van der Waals surface area contributed by atoms with E-state index in [9.17, 15) is 4.79 Å². The number of hydrogen-bond acceptors (Lipinski definition) is 4. The second-order valence-electron chi connectivity index (χ2n) is 9.18. The van der Waals surface area contributed by atoms with Crippen molar-refractivity contribution in [2.75, 3.05) is 0 Å². The minimum absolute atomic E-state index is 0. The largest absolute Gasteiger partial charge is 0.512 e. The number of para-hydroxylation sites is 1. The van der Waals surface area contributed by atoms with E-state index in [0.29, 0.717) is 0 Å².